The molecule has 0 atom stereocenters. The Hall–Kier alpha value is -2.71. The number of carbonyl (C=O) groups is 1. The summed E-state index contributed by atoms with van der Waals surface area (Å²) in [5.74, 6) is -0.0203. The van der Waals surface area contributed by atoms with Crippen LogP contribution in [0.25, 0.3) is 21.8 Å². The number of aromatic nitrogens is 1. The Morgan fingerprint density at radius 1 is 1.00 bits per heavy atom. The van der Waals surface area contributed by atoms with Crippen molar-refractivity contribution in [2.24, 2.45) is 0 Å². The lowest BCUT2D eigenvalue weighted by atomic mass is 10.1. The van der Waals surface area contributed by atoms with Crippen LogP contribution in [0.15, 0.2) is 53.9 Å². The van der Waals surface area contributed by atoms with Crippen LogP contribution < -0.4 is 10.0 Å². The predicted molar refractivity (Wildman–Crippen MR) is 110 cm³/mol. The molecule has 0 radical (unpaired) electrons. The molecular weight excluding hydrogens is 382 g/mol. The Morgan fingerprint density at radius 3 is 2.19 bits per heavy atom. The second-order valence-electron chi connectivity index (χ2n) is 5.97. The van der Waals surface area contributed by atoms with Crippen molar-refractivity contribution in [1.29, 1.82) is 0 Å². The molecule has 0 spiro atoms. The molecular formula is C19H19N3O3S2. The number of amides is 1. The molecule has 0 aliphatic rings. The molecule has 0 unspecified atom stereocenters. The summed E-state index contributed by atoms with van der Waals surface area (Å²) >= 11 is 1.53. The summed E-state index contributed by atoms with van der Waals surface area (Å²) in [5.41, 5.74) is 3.97. The van der Waals surface area contributed by atoms with E-state index in [1.165, 1.54) is 11.3 Å². The van der Waals surface area contributed by atoms with Gasteiger partial charge in [0.25, 0.3) is 0 Å². The number of thiazole rings is 1. The fourth-order valence-electron chi connectivity index (χ4n) is 2.41. The van der Waals surface area contributed by atoms with Crippen molar-refractivity contribution in [1.82, 2.24) is 4.98 Å². The first kappa shape index (κ1) is 19.1. The number of hydrogen-bond acceptors (Lipinski definition) is 5. The molecule has 3 rings (SSSR count). The molecule has 3 aromatic rings. The minimum Gasteiger partial charge on any atom is -0.326 e. The average molecular weight is 402 g/mol. The number of benzene rings is 2. The number of rotatable bonds is 6. The Bertz CT molecular complexity index is 1040. The summed E-state index contributed by atoms with van der Waals surface area (Å²) in [6, 6.07) is 14.6. The molecule has 1 heterocycles. The lowest BCUT2D eigenvalue weighted by molar-refractivity contribution is -0.115. The van der Waals surface area contributed by atoms with Gasteiger partial charge in [-0.25, -0.2) is 13.4 Å². The highest BCUT2D eigenvalue weighted by molar-refractivity contribution is 7.92. The van der Waals surface area contributed by atoms with Crippen molar-refractivity contribution in [3.63, 3.8) is 0 Å². The number of carbonyl (C=O) groups excluding carboxylic acids is 1. The van der Waals surface area contributed by atoms with Crippen LogP contribution in [-0.4, -0.2) is 25.6 Å². The van der Waals surface area contributed by atoms with Gasteiger partial charge >= 0.3 is 0 Å². The maximum Gasteiger partial charge on any atom is 0.229 e. The molecule has 140 valence electrons. The van der Waals surface area contributed by atoms with E-state index in [9.17, 15) is 13.2 Å². The number of hydrogen-bond donors (Lipinski definition) is 2. The van der Waals surface area contributed by atoms with E-state index in [1.54, 1.807) is 12.1 Å². The van der Waals surface area contributed by atoms with Crippen molar-refractivity contribution in [3.8, 4) is 21.8 Å². The quantitative estimate of drug-likeness (QED) is 0.648. The third-order valence-corrected chi connectivity index (χ3v) is 5.22. The highest BCUT2D eigenvalue weighted by atomic mass is 32.2. The Kier molecular flexibility index (Phi) is 5.57. The molecule has 0 aliphatic heterocycles. The van der Waals surface area contributed by atoms with Gasteiger partial charge in [0, 0.05) is 34.3 Å². The number of sulfonamides is 1. The SMILES string of the molecule is CCC(=O)Nc1ccc(-c2nc(-c3ccc(NS(C)(=O)=O)cc3)cs2)cc1. The number of nitrogens with one attached hydrogen (secondary N) is 2. The van der Waals surface area contributed by atoms with E-state index >= 15 is 0 Å². The summed E-state index contributed by atoms with van der Waals surface area (Å²) in [4.78, 5) is 16.1. The highest BCUT2D eigenvalue weighted by Gasteiger charge is 2.08. The number of anilines is 2. The van der Waals surface area contributed by atoms with Gasteiger partial charge in [0.2, 0.25) is 15.9 Å². The van der Waals surface area contributed by atoms with Crippen LogP contribution in [0.2, 0.25) is 0 Å². The molecule has 2 N–H and O–H groups in total. The number of nitrogens with zero attached hydrogens (tertiary/aromatic N) is 1. The van der Waals surface area contributed by atoms with Crippen molar-refractivity contribution in [3.05, 3.63) is 53.9 Å². The Labute approximate surface area is 162 Å². The van der Waals surface area contributed by atoms with Crippen LogP contribution in [0.1, 0.15) is 13.3 Å². The molecule has 0 saturated carbocycles. The molecule has 1 amide bonds. The third kappa shape index (κ3) is 5.15. The van der Waals surface area contributed by atoms with E-state index in [1.807, 2.05) is 48.7 Å². The minimum atomic E-state index is -3.29. The van der Waals surface area contributed by atoms with Crippen LogP contribution in [0.4, 0.5) is 11.4 Å². The predicted octanol–water partition coefficient (Wildman–Crippen LogP) is 4.20. The minimum absolute atomic E-state index is 0.0203. The lowest BCUT2D eigenvalue weighted by Crippen LogP contribution is -2.09. The van der Waals surface area contributed by atoms with E-state index < -0.39 is 10.0 Å². The fourth-order valence-corrected chi connectivity index (χ4v) is 3.81. The van der Waals surface area contributed by atoms with E-state index in [0.717, 1.165) is 33.8 Å². The summed E-state index contributed by atoms with van der Waals surface area (Å²) in [5, 5.41) is 5.65. The van der Waals surface area contributed by atoms with Crippen LogP contribution in [0.3, 0.4) is 0 Å². The zero-order valence-corrected chi connectivity index (χ0v) is 16.5. The van der Waals surface area contributed by atoms with Gasteiger partial charge in [-0.15, -0.1) is 11.3 Å². The molecule has 8 heteroatoms. The van der Waals surface area contributed by atoms with Gasteiger partial charge in [-0.05, 0) is 36.4 Å². The van der Waals surface area contributed by atoms with Gasteiger partial charge < -0.3 is 5.32 Å². The van der Waals surface area contributed by atoms with Crippen LogP contribution in [0.5, 0.6) is 0 Å². The summed E-state index contributed by atoms with van der Waals surface area (Å²) in [6.45, 7) is 1.81. The lowest BCUT2D eigenvalue weighted by Gasteiger charge is -2.04. The molecule has 0 saturated heterocycles. The van der Waals surface area contributed by atoms with E-state index in [-0.39, 0.29) is 5.91 Å². The van der Waals surface area contributed by atoms with Crippen molar-refractivity contribution in [2.75, 3.05) is 16.3 Å². The maximum atomic E-state index is 11.4. The standard InChI is InChI=1S/C19H19N3O3S2/c1-3-18(23)20-15-8-6-14(7-9-15)19-21-17(12-26-19)13-4-10-16(11-5-13)22-27(2,24)25/h4-12,22H,3H2,1-2H3,(H,20,23). The van der Waals surface area contributed by atoms with Crippen molar-refractivity contribution < 1.29 is 13.2 Å². The van der Waals surface area contributed by atoms with E-state index in [0.29, 0.717) is 12.1 Å². The van der Waals surface area contributed by atoms with Gasteiger partial charge in [0.1, 0.15) is 5.01 Å². The first-order valence-corrected chi connectivity index (χ1v) is 11.1. The van der Waals surface area contributed by atoms with Crippen LogP contribution >= 0.6 is 11.3 Å². The topological polar surface area (TPSA) is 88.2 Å². The smallest absolute Gasteiger partial charge is 0.229 e. The largest absolute Gasteiger partial charge is 0.326 e. The van der Waals surface area contributed by atoms with Crippen LogP contribution in [0, 0.1) is 0 Å². The first-order valence-electron chi connectivity index (χ1n) is 8.28. The second kappa shape index (κ2) is 7.89. The highest BCUT2D eigenvalue weighted by Crippen LogP contribution is 2.30. The zero-order chi connectivity index (χ0) is 19.4. The molecule has 0 bridgehead atoms. The average Bonchev–Trinajstić information content (AvgIpc) is 3.11. The molecule has 0 fully saturated rings. The van der Waals surface area contributed by atoms with E-state index in [4.69, 9.17) is 0 Å². The van der Waals surface area contributed by atoms with Crippen molar-refractivity contribution >= 4 is 38.6 Å². The molecule has 27 heavy (non-hydrogen) atoms. The van der Waals surface area contributed by atoms with Gasteiger partial charge in [0.15, 0.2) is 0 Å². The zero-order valence-electron chi connectivity index (χ0n) is 14.9. The summed E-state index contributed by atoms with van der Waals surface area (Å²) in [6.07, 6.45) is 1.56. The normalized spacial score (nSPS) is 11.2. The summed E-state index contributed by atoms with van der Waals surface area (Å²) < 4.78 is 25.0. The maximum absolute atomic E-state index is 11.4. The summed E-state index contributed by atoms with van der Waals surface area (Å²) in [7, 11) is -3.29. The van der Waals surface area contributed by atoms with Gasteiger partial charge in [0.05, 0.1) is 11.9 Å². The van der Waals surface area contributed by atoms with Crippen LogP contribution in [-0.2, 0) is 14.8 Å². The van der Waals surface area contributed by atoms with E-state index in [2.05, 4.69) is 15.0 Å². The molecule has 6 nitrogen and oxygen atoms in total. The molecule has 1 aromatic heterocycles. The Morgan fingerprint density at radius 2 is 1.59 bits per heavy atom. The van der Waals surface area contributed by atoms with Gasteiger partial charge in [-0.3, -0.25) is 9.52 Å². The molecule has 0 aliphatic carbocycles. The third-order valence-electron chi connectivity index (χ3n) is 3.72. The van der Waals surface area contributed by atoms with Gasteiger partial charge in [-0.2, -0.15) is 0 Å². The Balaban J connectivity index is 1.75. The molecule has 2 aromatic carbocycles. The monoisotopic (exact) mass is 401 g/mol. The first-order chi connectivity index (χ1) is 12.8. The second-order valence-corrected chi connectivity index (χ2v) is 8.58. The van der Waals surface area contributed by atoms with Crippen molar-refractivity contribution in [2.45, 2.75) is 13.3 Å². The van der Waals surface area contributed by atoms with Gasteiger partial charge in [-0.1, -0.05) is 19.1 Å². The fraction of sp³-hybridized carbons (Fsp3) is 0.158.